The maximum Gasteiger partial charge on any atom is 0.227 e. The Labute approximate surface area is 118 Å². The number of rotatable bonds is 5. The van der Waals surface area contributed by atoms with Gasteiger partial charge in [-0.2, -0.15) is 5.10 Å². The van der Waals surface area contributed by atoms with Crippen molar-refractivity contribution < 1.29 is 9.59 Å². The molecule has 1 saturated carbocycles. The molecule has 1 saturated heterocycles. The normalized spacial score (nSPS) is 22.4. The highest BCUT2D eigenvalue weighted by atomic mass is 16.2. The summed E-state index contributed by atoms with van der Waals surface area (Å²) in [5, 5.41) is 7.02. The molecule has 0 unspecified atom stereocenters. The Morgan fingerprint density at radius 3 is 2.95 bits per heavy atom. The number of aryl methyl sites for hydroxylation is 1. The van der Waals surface area contributed by atoms with Crippen molar-refractivity contribution >= 4 is 17.5 Å². The van der Waals surface area contributed by atoms with Crippen molar-refractivity contribution in [3.05, 3.63) is 12.4 Å². The van der Waals surface area contributed by atoms with Gasteiger partial charge in [0.05, 0.1) is 17.8 Å². The number of hydrogen-bond acceptors (Lipinski definition) is 3. The quantitative estimate of drug-likeness (QED) is 0.860. The molecule has 108 valence electrons. The number of aromatic nitrogens is 2. The molecule has 2 aliphatic rings. The second kappa shape index (κ2) is 5.26. The van der Waals surface area contributed by atoms with Gasteiger partial charge in [0.1, 0.15) is 0 Å². The molecule has 2 heterocycles. The van der Waals surface area contributed by atoms with Crippen LogP contribution in [-0.2, 0) is 16.6 Å². The largest absolute Gasteiger partial charge is 0.356 e. The zero-order valence-electron chi connectivity index (χ0n) is 11.7. The van der Waals surface area contributed by atoms with E-state index < -0.39 is 0 Å². The standard InChI is InChI=1S/C14H20N4O2/c1-17-9-12(7-16-17)18-8-11(6-13(18)19)14(20)15-5-4-10-2-3-10/h7,9-11H,2-6,8H2,1H3,(H,15,20)/t11-/m0/s1. The summed E-state index contributed by atoms with van der Waals surface area (Å²) in [6.45, 7) is 1.20. The SMILES string of the molecule is Cn1cc(N2C[C@@H](C(=O)NCCC3CC3)CC2=O)cn1. The second-order valence-corrected chi connectivity index (χ2v) is 5.80. The smallest absolute Gasteiger partial charge is 0.227 e. The van der Waals surface area contributed by atoms with Crippen LogP contribution in [0.4, 0.5) is 5.69 Å². The van der Waals surface area contributed by atoms with Crippen molar-refractivity contribution in [3.8, 4) is 0 Å². The summed E-state index contributed by atoms with van der Waals surface area (Å²) in [5.74, 6) is 0.583. The van der Waals surface area contributed by atoms with Crippen molar-refractivity contribution in [2.45, 2.75) is 25.7 Å². The third kappa shape index (κ3) is 2.84. The molecule has 0 aromatic carbocycles. The van der Waals surface area contributed by atoms with Crippen LogP contribution in [-0.4, -0.2) is 34.7 Å². The van der Waals surface area contributed by atoms with E-state index in [1.54, 1.807) is 22.0 Å². The first-order valence-corrected chi connectivity index (χ1v) is 7.20. The molecule has 1 aliphatic heterocycles. The van der Waals surface area contributed by atoms with Crippen LogP contribution in [0, 0.1) is 11.8 Å². The van der Waals surface area contributed by atoms with Gasteiger partial charge in [0, 0.05) is 32.8 Å². The predicted octanol–water partition coefficient (Wildman–Crippen LogP) is 0.689. The van der Waals surface area contributed by atoms with E-state index in [0.29, 0.717) is 13.0 Å². The van der Waals surface area contributed by atoms with Crippen LogP contribution in [0.1, 0.15) is 25.7 Å². The molecule has 6 heteroatoms. The fourth-order valence-corrected chi connectivity index (χ4v) is 2.63. The van der Waals surface area contributed by atoms with E-state index in [2.05, 4.69) is 10.4 Å². The Morgan fingerprint density at radius 1 is 1.50 bits per heavy atom. The molecule has 1 aromatic rings. The highest BCUT2D eigenvalue weighted by Gasteiger charge is 2.35. The van der Waals surface area contributed by atoms with Crippen LogP contribution in [0.2, 0.25) is 0 Å². The minimum Gasteiger partial charge on any atom is -0.356 e. The molecule has 1 aromatic heterocycles. The van der Waals surface area contributed by atoms with Gasteiger partial charge in [-0.3, -0.25) is 14.3 Å². The van der Waals surface area contributed by atoms with Crippen LogP contribution < -0.4 is 10.2 Å². The van der Waals surface area contributed by atoms with Crippen molar-refractivity contribution in [2.24, 2.45) is 18.9 Å². The summed E-state index contributed by atoms with van der Waals surface area (Å²) in [5.41, 5.74) is 0.769. The molecule has 20 heavy (non-hydrogen) atoms. The summed E-state index contributed by atoms with van der Waals surface area (Å²) in [7, 11) is 1.81. The van der Waals surface area contributed by atoms with Crippen LogP contribution in [0.25, 0.3) is 0 Å². The Balaban J connectivity index is 1.53. The third-order valence-electron chi connectivity index (χ3n) is 4.05. The van der Waals surface area contributed by atoms with E-state index in [-0.39, 0.29) is 17.7 Å². The summed E-state index contributed by atoms with van der Waals surface area (Å²) >= 11 is 0. The molecule has 0 spiro atoms. The summed E-state index contributed by atoms with van der Waals surface area (Å²) in [4.78, 5) is 25.7. The zero-order chi connectivity index (χ0) is 14.1. The highest BCUT2D eigenvalue weighted by molar-refractivity contribution is 6.00. The number of nitrogens with zero attached hydrogens (tertiary/aromatic N) is 3. The topological polar surface area (TPSA) is 67.2 Å². The van der Waals surface area contributed by atoms with Gasteiger partial charge >= 0.3 is 0 Å². The fraction of sp³-hybridized carbons (Fsp3) is 0.643. The van der Waals surface area contributed by atoms with Gasteiger partial charge in [0.25, 0.3) is 0 Å². The number of nitrogens with one attached hydrogen (secondary N) is 1. The molecule has 3 rings (SSSR count). The molecule has 0 bridgehead atoms. The lowest BCUT2D eigenvalue weighted by atomic mass is 10.1. The zero-order valence-corrected chi connectivity index (χ0v) is 11.7. The lowest BCUT2D eigenvalue weighted by Crippen LogP contribution is -2.33. The van der Waals surface area contributed by atoms with Crippen LogP contribution in [0.5, 0.6) is 0 Å². The average molecular weight is 276 g/mol. The number of carbonyl (C=O) groups is 2. The first kappa shape index (κ1) is 13.1. The Kier molecular flexibility index (Phi) is 3.46. The maximum atomic E-state index is 12.1. The molecule has 1 N–H and O–H groups in total. The van der Waals surface area contributed by atoms with E-state index in [4.69, 9.17) is 0 Å². The molecular formula is C14H20N4O2. The van der Waals surface area contributed by atoms with Gasteiger partial charge in [-0.1, -0.05) is 12.8 Å². The Morgan fingerprint density at radius 2 is 2.30 bits per heavy atom. The van der Waals surface area contributed by atoms with Gasteiger partial charge in [0.15, 0.2) is 0 Å². The number of carbonyl (C=O) groups excluding carboxylic acids is 2. The van der Waals surface area contributed by atoms with E-state index >= 15 is 0 Å². The Bertz CT molecular complexity index is 521. The molecule has 6 nitrogen and oxygen atoms in total. The first-order chi connectivity index (χ1) is 9.63. The van der Waals surface area contributed by atoms with E-state index in [1.165, 1.54) is 12.8 Å². The molecule has 2 amide bonds. The van der Waals surface area contributed by atoms with Crippen LogP contribution in [0.3, 0.4) is 0 Å². The van der Waals surface area contributed by atoms with E-state index in [0.717, 1.165) is 24.6 Å². The number of amides is 2. The Hall–Kier alpha value is -1.85. The molecule has 0 radical (unpaired) electrons. The summed E-state index contributed by atoms with van der Waals surface area (Å²) < 4.78 is 1.66. The fourth-order valence-electron chi connectivity index (χ4n) is 2.63. The number of anilines is 1. The van der Waals surface area contributed by atoms with Crippen LogP contribution in [0.15, 0.2) is 12.4 Å². The van der Waals surface area contributed by atoms with Gasteiger partial charge in [-0.15, -0.1) is 0 Å². The number of hydrogen-bond donors (Lipinski definition) is 1. The van der Waals surface area contributed by atoms with Crippen molar-refractivity contribution in [3.63, 3.8) is 0 Å². The van der Waals surface area contributed by atoms with E-state index in [1.807, 2.05) is 7.05 Å². The lowest BCUT2D eigenvalue weighted by molar-refractivity contribution is -0.126. The van der Waals surface area contributed by atoms with Gasteiger partial charge in [0.2, 0.25) is 11.8 Å². The second-order valence-electron chi connectivity index (χ2n) is 5.80. The van der Waals surface area contributed by atoms with Gasteiger partial charge in [-0.25, -0.2) is 0 Å². The summed E-state index contributed by atoms with van der Waals surface area (Å²) in [6.07, 6.45) is 7.42. The summed E-state index contributed by atoms with van der Waals surface area (Å²) in [6, 6.07) is 0. The van der Waals surface area contributed by atoms with Gasteiger partial charge in [-0.05, 0) is 12.3 Å². The predicted molar refractivity (Wildman–Crippen MR) is 74.0 cm³/mol. The van der Waals surface area contributed by atoms with Crippen molar-refractivity contribution in [1.82, 2.24) is 15.1 Å². The minimum absolute atomic E-state index is 0.000318. The van der Waals surface area contributed by atoms with Crippen molar-refractivity contribution in [1.29, 1.82) is 0 Å². The van der Waals surface area contributed by atoms with Crippen LogP contribution >= 0.6 is 0 Å². The van der Waals surface area contributed by atoms with Gasteiger partial charge < -0.3 is 10.2 Å². The molecule has 2 fully saturated rings. The van der Waals surface area contributed by atoms with Crippen molar-refractivity contribution in [2.75, 3.05) is 18.0 Å². The first-order valence-electron chi connectivity index (χ1n) is 7.20. The molecule has 1 atom stereocenters. The monoisotopic (exact) mass is 276 g/mol. The third-order valence-corrected chi connectivity index (χ3v) is 4.05. The molecule has 1 aliphatic carbocycles. The minimum atomic E-state index is -0.234. The lowest BCUT2D eigenvalue weighted by Gasteiger charge is -2.14. The average Bonchev–Trinajstić information content (AvgIpc) is 3.01. The van der Waals surface area contributed by atoms with E-state index in [9.17, 15) is 9.59 Å². The molecular weight excluding hydrogens is 256 g/mol. The maximum absolute atomic E-state index is 12.1. The highest BCUT2D eigenvalue weighted by Crippen LogP contribution is 2.31.